The maximum Gasteiger partial charge on any atom is 0.315 e. The number of imide groups is 2. The number of likely N-dealkylation sites (tertiary alicyclic amines) is 2. The van der Waals surface area contributed by atoms with Crippen LogP contribution in [0.3, 0.4) is 0 Å². The molecule has 0 radical (unpaired) electrons. The minimum absolute atomic E-state index is 0. The minimum atomic E-state index is -0.821. The number of aromatic nitrogens is 6. The van der Waals surface area contributed by atoms with Crippen LogP contribution in [0.25, 0.3) is 40.2 Å². The summed E-state index contributed by atoms with van der Waals surface area (Å²) in [6.45, 7) is 9.59. The summed E-state index contributed by atoms with van der Waals surface area (Å²) < 4.78 is 24.7. The molecule has 0 saturated carbocycles. The zero-order chi connectivity index (χ0) is 76.4. The molecule has 584 valence electrons. The van der Waals surface area contributed by atoms with Crippen molar-refractivity contribution in [2.45, 2.75) is 120 Å². The van der Waals surface area contributed by atoms with Crippen molar-refractivity contribution in [3.63, 3.8) is 0 Å². The van der Waals surface area contributed by atoms with Gasteiger partial charge >= 0.3 is 6.03 Å². The summed E-state index contributed by atoms with van der Waals surface area (Å²) in [5, 5.41) is 9.32. The number of hydrogen-bond donors (Lipinski definition) is 3. The second kappa shape index (κ2) is 42.3. The van der Waals surface area contributed by atoms with Gasteiger partial charge in [0.1, 0.15) is 0 Å². The van der Waals surface area contributed by atoms with E-state index >= 15 is 0 Å². The Morgan fingerprint density at radius 2 is 1.08 bits per heavy atom. The number of unbranched alkanes of at least 4 members (excludes halogenated alkanes) is 5. The number of nitrogens with zero attached hydrogens (tertiary/aromatic N) is 10. The number of fused-ring (bicyclic) bond motifs is 3. The smallest absolute Gasteiger partial charge is 0.315 e. The molecule has 11 unspecified atom stereocenters. The molecule has 7 fully saturated rings. The summed E-state index contributed by atoms with van der Waals surface area (Å²) in [5.41, 5.74) is 7.38. The van der Waals surface area contributed by atoms with Crippen molar-refractivity contribution in [1.29, 1.82) is 0 Å². The molecule has 7 aliphatic rings. The van der Waals surface area contributed by atoms with E-state index in [1.54, 1.807) is 61.5 Å². The third kappa shape index (κ3) is 22.5. The third-order valence-corrected chi connectivity index (χ3v) is 22.2. The van der Waals surface area contributed by atoms with Crippen molar-refractivity contribution in [1.82, 2.24) is 65.5 Å². The van der Waals surface area contributed by atoms with Crippen LogP contribution in [0, 0.1) is 30.6 Å². The Bertz CT molecular complexity index is 4120. The van der Waals surface area contributed by atoms with Gasteiger partial charge < -0.3 is 39.8 Å². The average molecular weight is 1610 g/mol. The van der Waals surface area contributed by atoms with E-state index in [1.165, 1.54) is 9.80 Å². The number of rotatable bonds is 32. The Morgan fingerprint density at radius 1 is 0.541 bits per heavy atom. The summed E-state index contributed by atoms with van der Waals surface area (Å²) in [6, 6.07) is 40.4. The van der Waals surface area contributed by atoms with Crippen LogP contribution in [0.2, 0.25) is 0 Å². The molecule has 26 heteroatoms. The Kier molecular flexibility index (Phi) is 31.5. The predicted molar refractivity (Wildman–Crippen MR) is 420 cm³/mol. The third-order valence-electron chi connectivity index (χ3n) is 20.7. The van der Waals surface area contributed by atoms with Gasteiger partial charge in [-0.3, -0.25) is 73.4 Å². The van der Waals surface area contributed by atoms with Gasteiger partial charge in [0, 0.05) is 119 Å². The van der Waals surface area contributed by atoms with Crippen molar-refractivity contribution in [2.75, 3.05) is 84.5 Å². The van der Waals surface area contributed by atoms with Crippen LogP contribution in [0.4, 0.5) is 4.79 Å². The second-order valence-electron chi connectivity index (χ2n) is 28.3. The molecule has 1 aromatic carbocycles. The second-order valence-corrected chi connectivity index (χ2v) is 29.5. The molecule has 0 spiro atoms. The van der Waals surface area contributed by atoms with Gasteiger partial charge in [-0.05, 0) is 136 Å². The van der Waals surface area contributed by atoms with Crippen LogP contribution in [0.1, 0.15) is 92.6 Å². The first kappa shape index (κ1) is 82.6. The van der Waals surface area contributed by atoms with Crippen LogP contribution < -0.4 is 16.0 Å². The topological polar surface area (TPSA) is 283 Å². The maximum atomic E-state index is 14.4. The molecule has 7 saturated heterocycles. The van der Waals surface area contributed by atoms with Gasteiger partial charge in [0.15, 0.2) is 0 Å². The number of benzene rings is 1. The van der Waals surface area contributed by atoms with E-state index in [4.69, 9.17) is 18.9 Å². The molecular formula is C85H99N13O11RuS. The predicted octanol–water partition coefficient (Wildman–Crippen LogP) is 10.3. The summed E-state index contributed by atoms with van der Waals surface area (Å²) in [4.78, 5) is 127. The van der Waals surface area contributed by atoms with Gasteiger partial charge in [0.2, 0.25) is 29.5 Å². The number of piperazine rings is 1. The number of hydrogen-bond acceptors (Lipinski definition) is 19. The van der Waals surface area contributed by atoms with Crippen LogP contribution >= 0.6 is 11.8 Å². The largest absolute Gasteiger partial charge is 0.377 e. The number of aryl methyl sites for hydroxylation is 1. The molecule has 3 N–H and O–H groups in total. The number of carbonyl (C=O) groups is 7. The van der Waals surface area contributed by atoms with Crippen molar-refractivity contribution >= 4 is 59.3 Å². The quantitative estimate of drug-likeness (QED) is 0.0116. The van der Waals surface area contributed by atoms with Crippen molar-refractivity contribution in [3.8, 4) is 34.2 Å². The van der Waals surface area contributed by atoms with Gasteiger partial charge in [-0.1, -0.05) is 117 Å². The van der Waals surface area contributed by atoms with E-state index in [1.807, 2.05) is 170 Å². The van der Waals surface area contributed by atoms with Crippen molar-refractivity contribution < 1.29 is 72.0 Å². The van der Waals surface area contributed by atoms with Gasteiger partial charge in [-0.2, -0.15) is 11.8 Å². The average Bonchev–Trinajstić information content (AvgIpc) is 1.59. The first-order valence-electron chi connectivity index (χ1n) is 38.6. The molecule has 7 aliphatic heterocycles. The normalized spacial score (nSPS) is 23.2. The summed E-state index contributed by atoms with van der Waals surface area (Å²) in [5.74, 6) is -3.33. The molecule has 111 heavy (non-hydrogen) atoms. The molecule has 14 rings (SSSR count). The molecule has 24 nitrogen and oxygen atoms in total. The first-order valence-corrected chi connectivity index (χ1v) is 39.7. The number of amides is 8. The number of allylic oxidation sites excluding steroid dienone is 1. The Morgan fingerprint density at radius 3 is 1.66 bits per heavy atom. The number of pyridine rings is 6. The number of ether oxygens (including phenoxy) is 4. The Hall–Kier alpha value is -9.40. The van der Waals surface area contributed by atoms with E-state index in [0.29, 0.717) is 41.6 Å². The van der Waals surface area contributed by atoms with E-state index in [9.17, 15) is 33.6 Å². The molecule has 7 aromatic rings. The van der Waals surface area contributed by atoms with E-state index in [0.717, 1.165) is 124 Å². The number of thioether (sulfide) groups is 1. The standard InChI is InChI=1S/C65H83N9O11S.2C10H8N2.Ru/c1-3-4-30-73-61(77)56-50(21-20-44-15-9-8-10-16-44)85-52(58(56)62(73)78)23-22-51-57-55(63(79)74(64(57)80)35-37-83-39-38-82-36-28-68-60(76)45-25-27-67-47(41-45)46-40-43(2)24-26-66-46)49(84-51)17-11-6-5-7-14-29-71-31-33-72(34-32-71)54(75)19-13-12-18-53-59-48(42-86-53)69-65(81)70-59;2*1-3-7-11-9(5-1)10-6-2-4-8-12-10;/h8-11,15-17,20-27,40-41,48-53,55-59H,3-7,12-14,18-19,28-39,42H2,1-2H3,(H,68,76)(H2,69,70,81);2*1-8H;/b17-11+,21-20+,23-22-;;;. The molecule has 0 bridgehead atoms. The van der Waals surface area contributed by atoms with Crippen molar-refractivity contribution in [3.05, 3.63) is 212 Å². The van der Waals surface area contributed by atoms with E-state index < -0.39 is 48.1 Å². The summed E-state index contributed by atoms with van der Waals surface area (Å²) in [7, 11) is 0. The Balaban J connectivity index is 0.000000410. The fourth-order valence-electron chi connectivity index (χ4n) is 14.9. The number of carbonyl (C=O) groups excluding carboxylic acids is 7. The van der Waals surface area contributed by atoms with Crippen LogP contribution in [0.5, 0.6) is 0 Å². The van der Waals surface area contributed by atoms with Crippen LogP contribution in [-0.4, -0.2) is 217 Å². The van der Waals surface area contributed by atoms with Crippen LogP contribution in [0.15, 0.2) is 195 Å². The Labute approximate surface area is 666 Å². The number of urea groups is 1. The van der Waals surface area contributed by atoms with Crippen LogP contribution in [-0.2, 0) is 62.4 Å². The van der Waals surface area contributed by atoms with E-state index in [2.05, 4.69) is 50.8 Å². The minimum Gasteiger partial charge on any atom is -0.377 e. The fraction of sp³-hybridized carbons (Fsp3) is 0.424. The molecule has 13 heterocycles. The van der Waals surface area contributed by atoms with Gasteiger partial charge in [0.25, 0.3) is 5.91 Å². The molecule has 6 aromatic heterocycles. The molecular weight excluding hydrogens is 1510 g/mol. The van der Waals surface area contributed by atoms with Gasteiger partial charge in [-0.25, -0.2) is 4.79 Å². The summed E-state index contributed by atoms with van der Waals surface area (Å²) >= 11 is 1.91. The van der Waals surface area contributed by atoms with Crippen molar-refractivity contribution in [2.24, 2.45) is 23.7 Å². The zero-order valence-electron chi connectivity index (χ0n) is 62.9. The monoisotopic (exact) mass is 1610 g/mol. The van der Waals surface area contributed by atoms with E-state index in [-0.39, 0.29) is 113 Å². The number of nitrogens with one attached hydrogen (secondary N) is 3. The zero-order valence-corrected chi connectivity index (χ0v) is 65.4. The fourth-order valence-corrected chi connectivity index (χ4v) is 16.5. The first-order chi connectivity index (χ1) is 53.9. The van der Waals surface area contributed by atoms with Gasteiger partial charge in [0.05, 0.1) is 127 Å². The molecule has 0 aliphatic carbocycles. The molecule has 11 atom stereocenters. The maximum absolute atomic E-state index is 14.4. The molecule has 8 amide bonds. The summed E-state index contributed by atoms with van der Waals surface area (Å²) in [6.07, 6.45) is 27.3. The van der Waals surface area contributed by atoms with Gasteiger partial charge in [-0.15, -0.1) is 0 Å². The SMILES string of the molecule is CCCCN1C(=O)C2C(/C=C\C3OC(/C=C/CCCCCN4CCN(C(=O)CCCCC5SCC6NC(=O)NC65)CC4)C4C(=O)N(CCOCCOCCNC(=O)c5ccnc(-c6cc(C)ccn6)c5)C(=O)C34)OC(/C=C/c3ccccc3)C2C1=O.[Ru].c1ccc(-c2ccccn2)nc1.c1ccc(-c2ccccn2)nc1.